The van der Waals surface area contributed by atoms with Crippen LogP contribution in [0.5, 0.6) is 0 Å². The molecule has 0 radical (unpaired) electrons. The fourth-order valence-corrected chi connectivity index (χ4v) is 1.83. The van der Waals surface area contributed by atoms with Gasteiger partial charge < -0.3 is 16.2 Å². The number of rotatable bonds is 5. The number of hydrogen-bond acceptors (Lipinski definition) is 4. The van der Waals surface area contributed by atoms with Gasteiger partial charge in [0.2, 0.25) is 0 Å². The standard InChI is InChI=1S/C19H31N3O2/c1-12(2)17(22-18(23)24-19(6,7)8)10-9-13(3)14(4)16(11-20)15(5)21/h9-10H,1,11,20-21H2,2-8H3/b10-9-,14-13-,16-15-,22-17+. The average molecular weight is 333 g/mol. The van der Waals surface area contributed by atoms with Gasteiger partial charge >= 0.3 is 6.09 Å². The Balaban J connectivity index is 5.56. The Morgan fingerprint density at radius 3 is 2.08 bits per heavy atom. The van der Waals surface area contributed by atoms with Crippen molar-refractivity contribution in [2.24, 2.45) is 16.5 Å². The van der Waals surface area contributed by atoms with Crippen molar-refractivity contribution in [3.05, 3.63) is 46.7 Å². The molecule has 0 fully saturated rings. The summed E-state index contributed by atoms with van der Waals surface area (Å²) in [5.41, 5.74) is 15.8. The van der Waals surface area contributed by atoms with Gasteiger partial charge in [-0.25, -0.2) is 4.79 Å². The lowest BCUT2D eigenvalue weighted by Gasteiger charge is -2.17. The number of nitrogens with zero attached hydrogens (tertiary/aromatic N) is 1. The molecule has 0 aromatic heterocycles. The van der Waals surface area contributed by atoms with Crippen LogP contribution < -0.4 is 11.5 Å². The molecule has 0 aliphatic carbocycles. The van der Waals surface area contributed by atoms with E-state index >= 15 is 0 Å². The molecule has 0 unspecified atom stereocenters. The van der Waals surface area contributed by atoms with E-state index in [1.165, 1.54) is 0 Å². The number of carbonyl (C=O) groups is 1. The number of ether oxygens (including phenoxy) is 1. The Bertz CT molecular complexity index is 611. The van der Waals surface area contributed by atoms with E-state index in [2.05, 4.69) is 11.6 Å². The molecule has 1 amide bonds. The predicted octanol–water partition coefficient (Wildman–Crippen LogP) is 4.02. The molecule has 0 saturated heterocycles. The minimum absolute atomic E-state index is 0.374. The minimum Gasteiger partial charge on any atom is -0.442 e. The maximum Gasteiger partial charge on any atom is 0.434 e. The summed E-state index contributed by atoms with van der Waals surface area (Å²) in [7, 11) is 0. The normalized spacial score (nSPS) is 15.1. The summed E-state index contributed by atoms with van der Waals surface area (Å²) in [4.78, 5) is 15.8. The molecule has 0 heterocycles. The van der Waals surface area contributed by atoms with Crippen LogP contribution in [-0.4, -0.2) is 24.0 Å². The highest BCUT2D eigenvalue weighted by atomic mass is 16.6. The molecule has 0 saturated carbocycles. The van der Waals surface area contributed by atoms with Crippen LogP contribution in [0.4, 0.5) is 4.79 Å². The Morgan fingerprint density at radius 2 is 1.71 bits per heavy atom. The Hall–Kier alpha value is -2.14. The lowest BCUT2D eigenvalue weighted by atomic mass is 10.00. The smallest absolute Gasteiger partial charge is 0.434 e. The maximum atomic E-state index is 11.9. The molecule has 0 aromatic rings. The fraction of sp³-hybridized carbons (Fsp3) is 0.474. The second-order valence-corrected chi connectivity index (χ2v) is 6.76. The topological polar surface area (TPSA) is 90.7 Å². The Kier molecular flexibility index (Phi) is 8.40. The van der Waals surface area contributed by atoms with Crippen molar-refractivity contribution < 1.29 is 9.53 Å². The predicted molar refractivity (Wildman–Crippen MR) is 102 cm³/mol. The molecular formula is C19H31N3O2. The molecule has 134 valence electrons. The molecule has 0 aromatic carbocycles. The molecule has 0 spiro atoms. The van der Waals surface area contributed by atoms with E-state index in [0.717, 1.165) is 16.7 Å². The largest absolute Gasteiger partial charge is 0.442 e. The van der Waals surface area contributed by atoms with Gasteiger partial charge in [0.25, 0.3) is 0 Å². The third-order valence-electron chi connectivity index (χ3n) is 3.26. The van der Waals surface area contributed by atoms with Crippen LogP contribution in [0.2, 0.25) is 0 Å². The van der Waals surface area contributed by atoms with Gasteiger partial charge in [-0.15, -0.1) is 0 Å². The molecule has 24 heavy (non-hydrogen) atoms. The van der Waals surface area contributed by atoms with Gasteiger partial charge in [0, 0.05) is 12.2 Å². The second-order valence-electron chi connectivity index (χ2n) is 6.76. The monoisotopic (exact) mass is 333 g/mol. The van der Waals surface area contributed by atoms with Gasteiger partial charge in [0.05, 0.1) is 5.71 Å². The first kappa shape index (κ1) is 21.9. The fourth-order valence-electron chi connectivity index (χ4n) is 1.83. The van der Waals surface area contributed by atoms with E-state index in [1.807, 2.05) is 26.8 Å². The van der Waals surface area contributed by atoms with Crippen LogP contribution in [0.1, 0.15) is 48.5 Å². The van der Waals surface area contributed by atoms with E-state index in [9.17, 15) is 4.79 Å². The number of hydrogen-bond donors (Lipinski definition) is 2. The quantitative estimate of drug-likeness (QED) is 0.587. The van der Waals surface area contributed by atoms with Gasteiger partial charge in [0.1, 0.15) is 5.60 Å². The molecule has 5 heteroatoms. The number of carbonyl (C=O) groups excluding carboxylic acids is 1. The third-order valence-corrected chi connectivity index (χ3v) is 3.26. The van der Waals surface area contributed by atoms with Crippen LogP contribution in [0.25, 0.3) is 0 Å². The van der Waals surface area contributed by atoms with Crippen LogP contribution in [0.15, 0.2) is 51.7 Å². The zero-order valence-electron chi connectivity index (χ0n) is 16.0. The average Bonchev–Trinajstić information content (AvgIpc) is 2.40. The highest BCUT2D eigenvalue weighted by Gasteiger charge is 2.16. The van der Waals surface area contributed by atoms with Crippen molar-refractivity contribution >= 4 is 11.8 Å². The second kappa shape index (κ2) is 9.23. The van der Waals surface area contributed by atoms with Crippen molar-refractivity contribution in [2.45, 2.75) is 54.1 Å². The van der Waals surface area contributed by atoms with Crippen molar-refractivity contribution in [3.8, 4) is 0 Å². The minimum atomic E-state index is -0.635. The number of aliphatic imine (C=N–C) groups is 1. The van der Waals surface area contributed by atoms with Gasteiger partial charge in [-0.05, 0) is 76.8 Å². The SMILES string of the molecule is C=C(C)C(/C=C\C(C)=C(C)/C(CN)=C(/C)N)=N/C(=O)OC(C)(C)C. The van der Waals surface area contributed by atoms with Crippen molar-refractivity contribution in [1.29, 1.82) is 0 Å². The van der Waals surface area contributed by atoms with Gasteiger partial charge in [-0.3, -0.25) is 0 Å². The van der Waals surface area contributed by atoms with Gasteiger partial charge in [-0.2, -0.15) is 4.99 Å². The molecule has 0 rings (SSSR count). The summed E-state index contributed by atoms with van der Waals surface area (Å²) >= 11 is 0. The molecule has 0 bridgehead atoms. The van der Waals surface area contributed by atoms with Crippen molar-refractivity contribution in [2.75, 3.05) is 6.54 Å². The summed E-state index contributed by atoms with van der Waals surface area (Å²) < 4.78 is 5.21. The number of amides is 1. The highest BCUT2D eigenvalue weighted by Crippen LogP contribution is 2.16. The van der Waals surface area contributed by atoms with Crippen molar-refractivity contribution in [1.82, 2.24) is 0 Å². The maximum absolute atomic E-state index is 11.9. The van der Waals surface area contributed by atoms with E-state index in [0.29, 0.717) is 23.5 Å². The van der Waals surface area contributed by atoms with Crippen LogP contribution >= 0.6 is 0 Å². The number of allylic oxidation sites excluding steroid dienone is 5. The van der Waals surface area contributed by atoms with Crippen LogP contribution in [0.3, 0.4) is 0 Å². The highest BCUT2D eigenvalue weighted by molar-refractivity contribution is 6.11. The first-order valence-corrected chi connectivity index (χ1v) is 7.87. The molecule has 0 atom stereocenters. The summed E-state index contributed by atoms with van der Waals surface area (Å²) in [6.45, 7) is 17.1. The zero-order valence-corrected chi connectivity index (χ0v) is 16.0. The third kappa shape index (κ3) is 7.92. The number of nitrogens with two attached hydrogens (primary N) is 2. The van der Waals surface area contributed by atoms with E-state index < -0.39 is 11.7 Å². The van der Waals surface area contributed by atoms with E-state index in [4.69, 9.17) is 16.2 Å². The molecule has 0 aliphatic rings. The molecule has 5 nitrogen and oxygen atoms in total. The summed E-state index contributed by atoms with van der Waals surface area (Å²) in [6, 6.07) is 0. The van der Waals surface area contributed by atoms with E-state index in [-0.39, 0.29) is 0 Å². The first-order chi connectivity index (χ1) is 10.9. The summed E-state index contributed by atoms with van der Waals surface area (Å²) in [5, 5.41) is 0. The molecule has 4 N–H and O–H groups in total. The first-order valence-electron chi connectivity index (χ1n) is 7.87. The van der Waals surface area contributed by atoms with Gasteiger partial charge in [-0.1, -0.05) is 12.7 Å². The van der Waals surface area contributed by atoms with Crippen LogP contribution in [0, 0.1) is 0 Å². The van der Waals surface area contributed by atoms with Crippen molar-refractivity contribution in [3.63, 3.8) is 0 Å². The Labute approximate surface area is 145 Å². The van der Waals surface area contributed by atoms with Gasteiger partial charge in [0.15, 0.2) is 0 Å². The summed E-state index contributed by atoms with van der Waals surface area (Å²) in [6.07, 6.45) is 2.97. The summed E-state index contributed by atoms with van der Waals surface area (Å²) in [5.74, 6) is 0. The molecule has 0 aliphatic heterocycles. The lowest BCUT2D eigenvalue weighted by Crippen LogP contribution is -2.22. The van der Waals surface area contributed by atoms with Crippen LogP contribution in [-0.2, 0) is 4.74 Å². The molecular weight excluding hydrogens is 302 g/mol. The Morgan fingerprint density at radius 1 is 1.17 bits per heavy atom. The lowest BCUT2D eigenvalue weighted by molar-refractivity contribution is 0.0604. The van der Waals surface area contributed by atoms with E-state index in [1.54, 1.807) is 33.8 Å². The zero-order chi connectivity index (χ0) is 19.1.